The van der Waals surface area contributed by atoms with Gasteiger partial charge in [-0.3, -0.25) is 28.0 Å². The van der Waals surface area contributed by atoms with Crippen molar-refractivity contribution in [3.8, 4) is 0 Å². The molecular formula is C21H28N10O10P2S2. The van der Waals surface area contributed by atoms with Crippen LogP contribution in [0.1, 0.15) is 38.1 Å². The zero-order valence-corrected chi connectivity index (χ0v) is 26.5. The van der Waals surface area contributed by atoms with E-state index in [-0.39, 0.29) is 42.4 Å². The lowest BCUT2D eigenvalue weighted by Gasteiger charge is -2.35. The van der Waals surface area contributed by atoms with Gasteiger partial charge in [-0.2, -0.15) is 4.98 Å². The fourth-order valence-corrected chi connectivity index (χ4v) is 7.03. The second-order valence-corrected chi connectivity index (χ2v) is 15.9. The number of aliphatic hydroxyl groups excluding tert-OH is 1. The molecule has 45 heavy (non-hydrogen) atoms. The van der Waals surface area contributed by atoms with Crippen molar-refractivity contribution in [2.24, 2.45) is 0 Å². The van der Waals surface area contributed by atoms with Gasteiger partial charge in [0.15, 0.2) is 28.9 Å². The Balaban J connectivity index is 1.12. The highest BCUT2D eigenvalue weighted by atomic mass is 32.7. The lowest BCUT2D eigenvalue weighted by molar-refractivity contribution is -0.214. The lowest BCUT2D eigenvalue weighted by Crippen LogP contribution is -2.47. The van der Waals surface area contributed by atoms with Gasteiger partial charge < -0.3 is 40.4 Å². The van der Waals surface area contributed by atoms with Crippen molar-refractivity contribution in [3.05, 3.63) is 29.3 Å². The summed E-state index contributed by atoms with van der Waals surface area (Å²) in [7, 11) is 0. The third-order valence-electron chi connectivity index (χ3n) is 7.31. The molecule has 0 saturated carbocycles. The highest BCUT2D eigenvalue weighted by Crippen LogP contribution is 2.53. The van der Waals surface area contributed by atoms with Crippen LogP contribution >= 0.6 is 25.8 Å². The number of imidazole rings is 2. The van der Waals surface area contributed by atoms with Gasteiger partial charge in [0.1, 0.15) is 29.9 Å². The maximum absolute atomic E-state index is 12.1. The first-order valence-electron chi connectivity index (χ1n) is 13.3. The molecule has 20 nitrogen and oxygen atoms in total. The standard InChI is InChI=1S/C21H28N10O10P2S2/c22-15-13-16(25-7-24-15)31(8-26-13)12-3-4-21(40-12,6-38-42(34,35)44)19(33)41-43(36,45)37-5-10-1-2-11(39-10)30-9-27-14-17(30)28-20(23)29-18(14)32/h7-12,19,33H,1-6H2,(H,36,45)(H2,22,24,25)(H2,34,35,44)(H3,23,28,29,32)/t10-,11+,12+,19?,21?,43?/m0/s1. The number of aliphatic hydroxyl groups is 1. The second kappa shape index (κ2) is 12.2. The number of aromatic amines is 1. The number of nitrogens with two attached hydrogens (primary N) is 2. The third kappa shape index (κ3) is 6.78. The van der Waals surface area contributed by atoms with Gasteiger partial charge >= 0.3 is 13.5 Å². The maximum Gasteiger partial charge on any atom is 0.383 e. The van der Waals surface area contributed by atoms with Crippen LogP contribution in [-0.2, 0) is 39.4 Å². The lowest BCUT2D eigenvalue weighted by atomic mass is 10.0. The molecular weight excluding hydrogens is 678 g/mol. The summed E-state index contributed by atoms with van der Waals surface area (Å²) in [5, 5.41) is 11.1. The van der Waals surface area contributed by atoms with Crippen molar-refractivity contribution in [1.29, 1.82) is 0 Å². The van der Waals surface area contributed by atoms with E-state index in [2.05, 4.69) is 42.2 Å². The minimum Gasteiger partial charge on any atom is -0.382 e. The zero-order chi connectivity index (χ0) is 32.1. The Kier molecular flexibility index (Phi) is 8.78. The molecule has 2 aliphatic rings. The molecule has 8 N–H and O–H groups in total. The van der Waals surface area contributed by atoms with Gasteiger partial charge in [-0.1, -0.05) is 12.2 Å². The topological polar surface area (TPSA) is 283 Å². The minimum atomic E-state index is -4.32. The fourth-order valence-electron chi connectivity index (χ4n) is 5.18. The molecule has 0 bridgehead atoms. The number of H-pyrrole nitrogens is 1. The monoisotopic (exact) mass is 706 g/mol. The van der Waals surface area contributed by atoms with Crippen LogP contribution in [0, 0.1) is 0 Å². The van der Waals surface area contributed by atoms with Crippen LogP contribution in [0.3, 0.4) is 0 Å². The molecule has 244 valence electrons. The van der Waals surface area contributed by atoms with Gasteiger partial charge in [-0.05, 0) is 37.5 Å². The largest absolute Gasteiger partial charge is 0.383 e. The number of nitrogen functional groups attached to an aromatic ring is 2. The van der Waals surface area contributed by atoms with Crippen LogP contribution in [0.5, 0.6) is 0 Å². The SMILES string of the molecule is Nc1nc2c(ncn2[C@H]2CC[C@@H](COP(O)(=S)OC(O)C3(COP(=O)(O)S)CC[C@H](n4cnc5c(N)ncnc54)O3)O2)c(=O)[nH]1. The van der Waals surface area contributed by atoms with Gasteiger partial charge in [-0.25, -0.2) is 24.5 Å². The average molecular weight is 707 g/mol. The second-order valence-electron chi connectivity index (χ2n) is 10.3. The Morgan fingerprint density at radius 2 is 1.84 bits per heavy atom. The molecule has 2 aliphatic heterocycles. The Labute approximate surface area is 263 Å². The van der Waals surface area contributed by atoms with Crippen LogP contribution in [0.2, 0.25) is 0 Å². The molecule has 6 heterocycles. The molecule has 2 saturated heterocycles. The molecule has 0 amide bonds. The summed E-state index contributed by atoms with van der Waals surface area (Å²) in [5.74, 6) is 0.0782. The fraction of sp³-hybridized carbons (Fsp3) is 0.524. The first-order valence-corrected chi connectivity index (χ1v) is 18.6. The maximum atomic E-state index is 12.1. The Morgan fingerprint density at radius 3 is 2.60 bits per heavy atom. The summed E-state index contributed by atoms with van der Waals surface area (Å²) >= 11 is 8.69. The smallest absolute Gasteiger partial charge is 0.382 e. The van der Waals surface area contributed by atoms with E-state index in [9.17, 15) is 24.3 Å². The summed E-state index contributed by atoms with van der Waals surface area (Å²) in [5.41, 5.74) is 10.3. The number of nitrogens with one attached hydrogen (secondary N) is 1. The predicted molar refractivity (Wildman–Crippen MR) is 162 cm³/mol. The molecule has 0 radical (unpaired) electrons. The molecule has 7 atom stereocenters. The number of ether oxygens (including phenoxy) is 2. The predicted octanol–water partition coefficient (Wildman–Crippen LogP) is 0.464. The molecule has 0 aliphatic carbocycles. The summed E-state index contributed by atoms with van der Waals surface area (Å²) in [6, 6.07) is 0. The summed E-state index contributed by atoms with van der Waals surface area (Å²) in [4.78, 5) is 55.5. The van der Waals surface area contributed by atoms with E-state index >= 15 is 0 Å². The van der Waals surface area contributed by atoms with Gasteiger partial charge in [0.05, 0.1) is 32.0 Å². The van der Waals surface area contributed by atoms with E-state index < -0.39 is 56.1 Å². The summed E-state index contributed by atoms with van der Waals surface area (Å²) in [6.45, 7) is -9.34. The normalized spacial score (nSPS) is 27.2. The number of thiol groups is 1. The third-order valence-corrected chi connectivity index (χ3v) is 9.64. The Morgan fingerprint density at radius 1 is 1.11 bits per heavy atom. The van der Waals surface area contributed by atoms with Crippen LogP contribution in [0.15, 0.2) is 23.8 Å². The van der Waals surface area contributed by atoms with E-state index in [0.717, 1.165) is 0 Å². The van der Waals surface area contributed by atoms with Gasteiger partial charge in [0.25, 0.3) is 5.56 Å². The minimum absolute atomic E-state index is 0.0237. The van der Waals surface area contributed by atoms with Crippen molar-refractivity contribution in [3.63, 3.8) is 0 Å². The molecule has 2 fully saturated rings. The number of aromatic nitrogens is 8. The Hall–Kier alpha value is -2.59. The number of hydrogen-bond acceptors (Lipinski definition) is 16. The average Bonchev–Trinajstić information content (AvgIpc) is 3.75. The molecule has 4 aromatic heterocycles. The molecule has 24 heteroatoms. The van der Waals surface area contributed by atoms with Crippen molar-refractivity contribution in [1.82, 2.24) is 39.0 Å². The Bertz CT molecular complexity index is 1890. The van der Waals surface area contributed by atoms with E-state index in [1.807, 2.05) is 0 Å². The van der Waals surface area contributed by atoms with E-state index in [0.29, 0.717) is 24.0 Å². The van der Waals surface area contributed by atoms with Crippen molar-refractivity contribution >= 4 is 71.7 Å². The number of rotatable bonds is 11. The van der Waals surface area contributed by atoms with Gasteiger partial charge in [0, 0.05) is 0 Å². The molecule has 0 spiro atoms. The molecule has 0 aromatic carbocycles. The first-order chi connectivity index (χ1) is 21.2. The highest BCUT2D eigenvalue weighted by Gasteiger charge is 2.51. The zero-order valence-electron chi connectivity index (χ0n) is 23.0. The first kappa shape index (κ1) is 32.4. The van der Waals surface area contributed by atoms with Crippen LogP contribution in [-0.4, -0.2) is 85.1 Å². The van der Waals surface area contributed by atoms with Gasteiger partial charge in [0.2, 0.25) is 5.95 Å². The van der Waals surface area contributed by atoms with Crippen molar-refractivity contribution < 1.29 is 42.5 Å². The highest BCUT2D eigenvalue weighted by molar-refractivity contribution is 8.44. The van der Waals surface area contributed by atoms with Gasteiger partial charge in [-0.15, -0.1) is 0 Å². The van der Waals surface area contributed by atoms with Crippen molar-refractivity contribution in [2.75, 3.05) is 24.7 Å². The number of fused-ring (bicyclic) bond motifs is 2. The number of nitrogens with zero attached hydrogens (tertiary/aromatic N) is 7. The quantitative estimate of drug-likeness (QED) is 0.0633. The summed E-state index contributed by atoms with van der Waals surface area (Å²) in [6.07, 6.45) is 1.43. The van der Waals surface area contributed by atoms with Crippen molar-refractivity contribution in [2.45, 2.75) is 56.1 Å². The van der Waals surface area contributed by atoms with E-state index in [1.54, 1.807) is 9.13 Å². The molecule has 4 unspecified atom stereocenters. The summed E-state index contributed by atoms with van der Waals surface area (Å²) < 4.78 is 43.0. The number of hydrogen-bond donors (Lipinski definition) is 7. The van der Waals surface area contributed by atoms with Crippen LogP contribution in [0.4, 0.5) is 11.8 Å². The van der Waals surface area contributed by atoms with E-state index in [4.69, 9.17) is 46.3 Å². The molecule has 6 rings (SSSR count). The van der Waals surface area contributed by atoms with E-state index in [1.165, 1.54) is 19.0 Å². The molecule has 4 aromatic rings. The van der Waals surface area contributed by atoms with Crippen LogP contribution < -0.4 is 17.0 Å². The number of anilines is 2. The van der Waals surface area contributed by atoms with Crippen LogP contribution in [0.25, 0.3) is 22.3 Å².